The van der Waals surface area contributed by atoms with E-state index in [0.717, 1.165) is 22.3 Å². The highest BCUT2D eigenvalue weighted by Gasteiger charge is 2.07. The molecule has 0 aliphatic heterocycles. The number of hydrogen-bond acceptors (Lipinski definition) is 4. The monoisotopic (exact) mass is 326 g/mol. The number of thioether (sulfide) groups is 1. The molecule has 1 aromatic heterocycles. The highest BCUT2D eigenvalue weighted by atomic mass is 79.9. The molecule has 2 N–H and O–H groups in total. The molecule has 96 valence electrons. The Morgan fingerprint density at radius 1 is 1.39 bits per heavy atom. The Morgan fingerprint density at radius 2 is 2.11 bits per heavy atom. The minimum atomic E-state index is 0.0929. The Balaban J connectivity index is 1.81. The molecule has 0 saturated carbocycles. The third kappa shape index (κ3) is 4.12. The van der Waals surface area contributed by atoms with Crippen molar-refractivity contribution in [2.24, 2.45) is 12.8 Å². The van der Waals surface area contributed by atoms with Crippen LogP contribution in [0.1, 0.15) is 5.69 Å². The number of aryl methyl sites for hydroxylation is 1. The SMILES string of the molecule is Cn1cc(CC(N)CSc2ccc(Br)cc2)nn1. The Bertz CT molecular complexity index is 497. The van der Waals surface area contributed by atoms with Crippen LogP contribution in [0, 0.1) is 0 Å². The predicted molar refractivity (Wildman–Crippen MR) is 77.5 cm³/mol. The summed E-state index contributed by atoms with van der Waals surface area (Å²) in [6, 6.07) is 8.34. The van der Waals surface area contributed by atoms with Gasteiger partial charge < -0.3 is 5.73 Å². The van der Waals surface area contributed by atoms with Gasteiger partial charge >= 0.3 is 0 Å². The van der Waals surface area contributed by atoms with E-state index in [1.807, 2.05) is 25.4 Å². The molecule has 0 spiro atoms. The van der Waals surface area contributed by atoms with Crippen LogP contribution in [-0.2, 0) is 13.5 Å². The summed E-state index contributed by atoms with van der Waals surface area (Å²) in [5, 5.41) is 7.94. The number of nitrogens with two attached hydrogens (primary N) is 1. The van der Waals surface area contributed by atoms with Gasteiger partial charge in [0.05, 0.1) is 5.69 Å². The average Bonchev–Trinajstić information content (AvgIpc) is 2.74. The lowest BCUT2D eigenvalue weighted by molar-refractivity contribution is 0.704. The Labute approximate surface area is 119 Å². The molecule has 0 radical (unpaired) electrons. The van der Waals surface area contributed by atoms with Crippen LogP contribution >= 0.6 is 27.7 Å². The summed E-state index contributed by atoms with van der Waals surface area (Å²) in [6.45, 7) is 0. The predicted octanol–water partition coefficient (Wildman–Crippen LogP) is 2.24. The molecule has 4 nitrogen and oxygen atoms in total. The average molecular weight is 327 g/mol. The van der Waals surface area contributed by atoms with E-state index in [-0.39, 0.29) is 6.04 Å². The van der Waals surface area contributed by atoms with Gasteiger partial charge in [0.1, 0.15) is 0 Å². The molecule has 0 amide bonds. The van der Waals surface area contributed by atoms with Crippen LogP contribution in [0.4, 0.5) is 0 Å². The van der Waals surface area contributed by atoms with Crippen LogP contribution in [0.25, 0.3) is 0 Å². The smallest absolute Gasteiger partial charge is 0.0842 e. The highest BCUT2D eigenvalue weighted by Crippen LogP contribution is 2.21. The summed E-state index contributed by atoms with van der Waals surface area (Å²) in [6.07, 6.45) is 2.67. The molecule has 0 saturated heterocycles. The fraction of sp³-hybridized carbons (Fsp3) is 0.333. The normalized spacial score (nSPS) is 12.6. The van der Waals surface area contributed by atoms with Crippen LogP contribution in [0.3, 0.4) is 0 Å². The fourth-order valence-corrected chi connectivity index (χ4v) is 2.67. The molecular weight excluding hydrogens is 312 g/mol. The minimum Gasteiger partial charge on any atom is -0.327 e. The van der Waals surface area contributed by atoms with E-state index in [2.05, 4.69) is 38.4 Å². The molecule has 1 atom stereocenters. The van der Waals surface area contributed by atoms with Crippen LogP contribution in [0.2, 0.25) is 0 Å². The van der Waals surface area contributed by atoms with E-state index in [9.17, 15) is 0 Å². The quantitative estimate of drug-likeness (QED) is 0.856. The Kier molecular flexibility index (Phi) is 4.79. The first-order valence-corrected chi connectivity index (χ1v) is 7.40. The number of aromatic nitrogens is 3. The van der Waals surface area contributed by atoms with Crippen molar-refractivity contribution in [2.45, 2.75) is 17.4 Å². The summed E-state index contributed by atoms with van der Waals surface area (Å²) >= 11 is 5.18. The zero-order valence-corrected chi connectivity index (χ0v) is 12.5. The summed E-state index contributed by atoms with van der Waals surface area (Å²) in [5.41, 5.74) is 7.03. The molecule has 0 bridgehead atoms. The van der Waals surface area contributed by atoms with Gasteiger partial charge in [-0.1, -0.05) is 21.1 Å². The molecule has 2 aromatic rings. The maximum atomic E-state index is 6.09. The van der Waals surface area contributed by atoms with Gasteiger partial charge in [-0.15, -0.1) is 16.9 Å². The van der Waals surface area contributed by atoms with E-state index in [1.165, 1.54) is 4.90 Å². The fourth-order valence-electron chi connectivity index (χ4n) is 1.55. The van der Waals surface area contributed by atoms with Crippen molar-refractivity contribution in [3.8, 4) is 0 Å². The summed E-state index contributed by atoms with van der Waals surface area (Å²) < 4.78 is 2.79. The van der Waals surface area contributed by atoms with Crippen LogP contribution < -0.4 is 5.73 Å². The van der Waals surface area contributed by atoms with E-state index >= 15 is 0 Å². The molecule has 0 aliphatic rings. The highest BCUT2D eigenvalue weighted by molar-refractivity contribution is 9.10. The second-order valence-corrected chi connectivity index (χ2v) is 6.12. The topological polar surface area (TPSA) is 56.7 Å². The van der Waals surface area contributed by atoms with E-state index in [4.69, 9.17) is 5.73 Å². The lowest BCUT2D eigenvalue weighted by Crippen LogP contribution is -2.25. The van der Waals surface area contributed by atoms with Crippen LogP contribution in [-0.4, -0.2) is 26.8 Å². The van der Waals surface area contributed by atoms with Crippen molar-refractivity contribution in [2.75, 3.05) is 5.75 Å². The van der Waals surface area contributed by atoms with E-state index < -0.39 is 0 Å². The van der Waals surface area contributed by atoms with Gasteiger partial charge in [-0.2, -0.15) is 0 Å². The van der Waals surface area contributed by atoms with Gasteiger partial charge in [0, 0.05) is 40.8 Å². The first kappa shape index (κ1) is 13.6. The maximum absolute atomic E-state index is 6.09. The molecule has 0 aliphatic carbocycles. The lowest BCUT2D eigenvalue weighted by atomic mass is 10.2. The summed E-state index contributed by atoms with van der Waals surface area (Å²) in [4.78, 5) is 1.23. The van der Waals surface area contributed by atoms with Crippen LogP contribution in [0.15, 0.2) is 39.8 Å². The Hall–Kier alpha value is -0.850. The van der Waals surface area contributed by atoms with Gasteiger partial charge in [-0.05, 0) is 24.3 Å². The molecule has 1 heterocycles. The van der Waals surface area contributed by atoms with Crippen molar-refractivity contribution in [3.63, 3.8) is 0 Å². The molecule has 18 heavy (non-hydrogen) atoms. The van der Waals surface area contributed by atoms with E-state index in [0.29, 0.717) is 0 Å². The largest absolute Gasteiger partial charge is 0.327 e. The number of rotatable bonds is 5. The number of benzene rings is 1. The standard InChI is InChI=1S/C12H15BrN4S/c1-17-7-11(15-16-17)6-10(14)8-18-12-4-2-9(13)3-5-12/h2-5,7,10H,6,8,14H2,1H3. The van der Waals surface area contributed by atoms with Crippen molar-refractivity contribution in [3.05, 3.63) is 40.6 Å². The van der Waals surface area contributed by atoms with Gasteiger partial charge in [-0.3, -0.25) is 4.68 Å². The van der Waals surface area contributed by atoms with E-state index in [1.54, 1.807) is 16.4 Å². The first-order chi connectivity index (χ1) is 8.63. The first-order valence-electron chi connectivity index (χ1n) is 5.62. The van der Waals surface area contributed by atoms with Crippen molar-refractivity contribution < 1.29 is 0 Å². The molecule has 1 aromatic carbocycles. The molecule has 6 heteroatoms. The Morgan fingerprint density at radius 3 is 2.72 bits per heavy atom. The maximum Gasteiger partial charge on any atom is 0.0842 e. The zero-order chi connectivity index (χ0) is 13.0. The molecule has 2 rings (SSSR count). The van der Waals surface area contributed by atoms with Crippen molar-refractivity contribution in [1.29, 1.82) is 0 Å². The molecule has 0 fully saturated rings. The zero-order valence-electron chi connectivity index (χ0n) is 10.1. The molecular formula is C12H15BrN4S. The van der Waals surface area contributed by atoms with Crippen LogP contribution in [0.5, 0.6) is 0 Å². The van der Waals surface area contributed by atoms with Crippen molar-refractivity contribution in [1.82, 2.24) is 15.0 Å². The number of halogens is 1. The third-order valence-corrected chi connectivity index (χ3v) is 4.13. The van der Waals surface area contributed by atoms with Gasteiger partial charge in [-0.25, -0.2) is 0 Å². The number of hydrogen-bond donors (Lipinski definition) is 1. The van der Waals surface area contributed by atoms with Gasteiger partial charge in [0.2, 0.25) is 0 Å². The summed E-state index contributed by atoms with van der Waals surface area (Å²) in [7, 11) is 1.86. The van der Waals surface area contributed by atoms with Gasteiger partial charge in [0.15, 0.2) is 0 Å². The van der Waals surface area contributed by atoms with Crippen molar-refractivity contribution >= 4 is 27.7 Å². The lowest BCUT2D eigenvalue weighted by Gasteiger charge is -2.09. The van der Waals surface area contributed by atoms with Gasteiger partial charge in [0.25, 0.3) is 0 Å². The third-order valence-electron chi connectivity index (χ3n) is 2.40. The summed E-state index contributed by atoms with van der Waals surface area (Å²) in [5.74, 6) is 0.873. The number of nitrogens with zero attached hydrogens (tertiary/aromatic N) is 3. The minimum absolute atomic E-state index is 0.0929. The molecule has 1 unspecified atom stereocenters. The second-order valence-electron chi connectivity index (χ2n) is 4.11. The second kappa shape index (κ2) is 6.36.